The van der Waals surface area contributed by atoms with Crippen LogP contribution in [0.2, 0.25) is 10.0 Å². The van der Waals surface area contributed by atoms with E-state index in [2.05, 4.69) is 10.3 Å². The number of carbonyl (C=O) groups excluding carboxylic acids is 1. The fraction of sp³-hybridized carbons (Fsp3) is 0.238. The number of carbonyl (C=O) groups is 1. The average molecular weight is 403 g/mol. The number of rotatable bonds is 5. The summed E-state index contributed by atoms with van der Waals surface area (Å²) >= 11 is 12.1. The van der Waals surface area contributed by atoms with E-state index in [9.17, 15) is 9.90 Å². The molecule has 6 heteroatoms. The lowest BCUT2D eigenvalue weighted by molar-refractivity contribution is -0.117. The smallest absolute Gasteiger partial charge is 0.256 e. The molecule has 0 unspecified atom stereocenters. The molecule has 2 aromatic rings. The first-order chi connectivity index (χ1) is 13.0. The Kier molecular flexibility index (Phi) is 6.54. The molecule has 1 saturated carbocycles. The van der Waals surface area contributed by atoms with Gasteiger partial charge in [-0.1, -0.05) is 48.2 Å². The number of nitrogens with zero attached hydrogens (tertiary/aromatic N) is 1. The minimum Gasteiger partial charge on any atom is -0.506 e. The van der Waals surface area contributed by atoms with Gasteiger partial charge in [0.15, 0.2) is 0 Å². The molecule has 0 radical (unpaired) electrons. The zero-order valence-electron chi connectivity index (χ0n) is 14.7. The molecular formula is C21H20Cl2N2O2. The van der Waals surface area contributed by atoms with Crippen LogP contribution < -0.4 is 5.32 Å². The first-order valence-electron chi connectivity index (χ1n) is 8.83. The third-order valence-electron chi connectivity index (χ3n) is 4.49. The highest BCUT2D eigenvalue weighted by Crippen LogP contribution is 2.25. The van der Waals surface area contributed by atoms with Gasteiger partial charge in [0.05, 0.1) is 10.7 Å². The number of benzene rings is 2. The highest BCUT2D eigenvalue weighted by molar-refractivity contribution is 6.33. The second-order valence-corrected chi connectivity index (χ2v) is 7.28. The lowest BCUT2D eigenvalue weighted by Gasteiger charge is -2.14. The Hall–Kier alpha value is -2.30. The second kappa shape index (κ2) is 9.07. The van der Waals surface area contributed by atoms with Gasteiger partial charge in [0.25, 0.3) is 5.91 Å². The van der Waals surface area contributed by atoms with E-state index in [0.29, 0.717) is 21.3 Å². The van der Waals surface area contributed by atoms with Crippen LogP contribution in [-0.4, -0.2) is 23.3 Å². The lowest BCUT2D eigenvalue weighted by atomic mass is 10.1. The number of nitrogens with one attached hydrogen (secondary N) is 1. The summed E-state index contributed by atoms with van der Waals surface area (Å²) in [5.41, 5.74) is 1.08. The van der Waals surface area contributed by atoms with Crippen molar-refractivity contribution in [2.45, 2.75) is 31.7 Å². The van der Waals surface area contributed by atoms with E-state index in [4.69, 9.17) is 23.2 Å². The Morgan fingerprint density at radius 2 is 1.74 bits per heavy atom. The van der Waals surface area contributed by atoms with Crippen molar-refractivity contribution in [3.63, 3.8) is 0 Å². The van der Waals surface area contributed by atoms with Crippen LogP contribution in [0.1, 0.15) is 31.2 Å². The largest absolute Gasteiger partial charge is 0.506 e. The molecule has 140 valence electrons. The Bertz CT molecular complexity index is 870. The summed E-state index contributed by atoms with van der Waals surface area (Å²) in [4.78, 5) is 17.1. The molecule has 0 bridgehead atoms. The quantitative estimate of drug-likeness (QED) is 0.381. The van der Waals surface area contributed by atoms with Crippen molar-refractivity contribution in [1.82, 2.24) is 5.32 Å². The molecule has 0 aliphatic heterocycles. The van der Waals surface area contributed by atoms with Gasteiger partial charge in [0.1, 0.15) is 11.3 Å². The molecule has 0 heterocycles. The van der Waals surface area contributed by atoms with Crippen LogP contribution in [0.25, 0.3) is 5.76 Å². The number of amides is 1. The third-order valence-corrected chi connectivity index (χ3v) is 5.07. The van der Waals surface area contributed by atoms with Gasteiger partial charge in [-0.3, -0.25) is 9.79 Å². The van der Waals surface area contributed by atoms with Crippen LogP contribution >= 0.6 is 23.2 Å². The molecule has 0 saturated heterocycles. The average Bonchev–Trinajstić information content (AvgIpc) is 3.16. The normalized spacial score (nSPS) is 15.8. The van der Waals surface area contributed by atoms with Crippen molar-refractivity contribution >= 4 is 46.8 Å². The van der Waals surface area contributed by atoms with E-state index in [1.807, 2.05) is 0 Å². The monoisotopic (exact) mass is 402 g/mol. The van der Waals surface area contributed by atoms with E-state index in [1.165, 1.54) is 6.21 Å². The summed E-state index contributed by atoms with van der Waals surface area (Å²) in [6.07, 6.45) is 5.45. The predicted octanol–water partition coefficient (Wildman–Crippen LogP) is 5.72. The summed E-state index contributed by atoms with van der Waals surface area (Å²) in [5.74, 6) is -0.564. The van der Waals surface area contributed by atoms with Gasteiger partial charge >= 0.3 is 0 Å². The van der Waals surface area contributed by atoms with Gasteiger partial charge in [0, 0.05) is 22.8 Å². The first kappa shape index (κ1) is 19.5. The number of aliphatic hydroxyl groups excluding tert-OH is 1. The highest BCUT2D eigenvalue weighted by atomic mass is 35.5. The molecule has 1 aliphatic carbocycles. The van der Waals surface area contributed by atoms with Gasteiger partial charge < -0.3 is 10.4 Å². The maximum absolute atomic E-state index is 12.8. The lowest BCUT2D eigenvalue weighted by Crippen LogP contribution is -2.34. The Balaban J connectivity index is 1.94. The van der Waals surface area contributed by atoms with Crippen molar-refractivity contribution in [2.24, 2.45) is 4.99 Å². The van der Waals surface area contributed by atoms with Crippen LogP contribution in [0.15, 0.2) is 59.1 Å². The number of hydrogen-bond donors (Lipinski definition) is 2. The summed E-state index contributed by atoms with van der Waals surface area (Å²) in [7, 11) is 0. The Morgan fingerprint density at radius 3 is 2.41 bits per heavy atom. The molecular weight excluding hydrogens is 383 g/mol. The van der Waals surface area contributed by atoms with Gasteiger partial charge in [-0.25, -0.2) is 0 Å². The van der Waals surface area contributed by atoms with Crippen molar-refractivity contribution in [2.75, 3.05) is 0 Å². The van der Waals surface area contributed by atoms with Gasteiger partial charge in [-0.2, -0.15) is 0 Å². The Morgan fingerprint density at radius 1 is 1.07 bits per heavy atom. The minimum absolute atomic E-state index is 0.0740. The SMILES string of the molecule is O=C(NC1CCCC1)/C(C=Nc1ccc(Cl)cc1)=C(/O)c1ccccc1Cl. The van der Waals surface area contributed by atoms with Crippen LogP contribution in [0, 0.1) is 0 Å². The van der Waals surface area contributed by atoms with Gasteiger partial charge in [0.2, 0.25) is 0 Å². The van der Waals surface area contributed by atoms with E-state index in [1.54, 1.807) is 48.5 Å². The molecule has 1 amide bonds. The summed E-state index contributed by atoms with van der Waals surface area (Å²) < 4.78 is 0. The molecule has 0 atom stereocenters. The molecule has 27 heavy (non-hydrogen) atoms. The number of hydrogen-bond acceptors (Lipinski definition) is 3. The second-order valence-electron chi connectivity index (χ2n) is 6.43. The molecule has 3 rings (SSSR count). The van der Waals surface area contributed by atoms with E-state index in [-0.39, 0.29) is 23.3 Å². The number of aliphatic imine (C=N–C) groups is 1. The van der Waals surface area contributed by atoms with E-state index >= 15 is 0 Å². The van der Waals surface area contributed by atoms with Crippen LogP contribution in [0.3, 0.4) is 0 Å². The fourth-order valence-corrected chi connectivity index (χ4v) is 3.38. The molecule has 1 aliphatic rings. The summed E-state index contributed by atoms with van der Waals surface area (Å²) in [6, 6.07) is 13.9. The molecule has 1 fully saturated rings. The van der Waals surface area contributed by atoms with Crippen molar-refractivity contribution in [3.05, 3.63) is 69.7 Å². The van der Waals surface area contributed by atoms with E-state index < -0.39 is 0 Å². The maximum Gasteiger partial charge on any atom is 0.256 e. The van der Waals surface area contributed by atoms with Crippen LogP contribution in [0.5, 0.6) is 0 Å². The maximum atomic E-state index is 12.8. The topological polar surface area (TPSA) is 61.7 Å². The molecule has 2 aromatic carbocycles. The molecule has 4 nitrogen and oxygen atoms in total. The van der Waals surface area contributed by atoms with Gasteiger partial charge in [-0.05, 0) is 49.2 Å². The number of halogens is 2. The fourth-order valence-electron chi connectivity index (χ4n) is 3.03. The minimum atomic E-state index is -0.364. The molecule has 2 N–H and O–H groups in total. The highest BCUT2D eigenvalue weighted by Gasteiger charge is 2.22. The molecule has 0 spiro atoms. The summed E-state index contributed by atoms with van der Waals surface area (Å²) in [6.45, 7) is 0. The standard InChI is InChI=1S/C21H20Cl2N2O2/c22-14-9-11-15(12-10-14)24-13-18(21(27)25-16-5-1-2-6-16)20(26)17-7-3-4-8-19(17)23/h3-4,7-13,16,26H,1-2,5-6H2,(H,25,27)/b20-18+,24-13?. The molecule has 0 aromatic heterocycles. The number of aliphatic hydroxyl groups is 1. The van der Waals surface area contributed by atoms with Crippen molar-refractivity contribution < 1.29 is 9.90 Å². The predicted molar refractivity (Wildman–Crippen MR) is 111 cm³/mol. The first-order valence-corrected chi connectivity index (χ1v) is 9.59. The summed E-state index contributed by atoms with van der Waals surface area (Å²) in [5, 5.41) is 14.7. The zero-order valence-corrected chi connectivity index (χ0v) is 16.2. The van der Waals surface area contributed by atoms with Crippen molar-refractivity contribution in [3.8, 4) is 0 Å². The van der Waals surface area contributed by atoms with Gasteiger partial charge in [-0.15, -0.1) is 0 Å². The van der Waals surface area contributed by atoms with Crippen LogP contribution in [-0.2, 0) is 4.79 Å². The van der Waals surface area contributed by atoms with Crippen LogP contribution in [0.4, 0.5) is 5.69 Å². The van der Waals surface area contributed by atoms with Crippen molar-refractivity contribution in [1.29, 1.82) is 0 Å². The Labute approximate surface area is 168 Å². The van der Waals surface area contributed by atoms with E-state index in [0.717, 1.165) is 25.7 Å². The third kappa shape index (κ3) is 5.12. The zero-order chi connectivity index (χ0) is 19.2.